The molecule has 0 radical (unpaired) electrons. The number of hydrogen-bond acceptors (Lipinski definition) is 5. The molecular formula is C22H25ClN6O2. The summed E-state index contributed by atoms with van der Waals surface area (Å²) in [5.74, 6) is 0.581. The van der Waals surface area contributed by atoms with Crippen molar-refractivity contribution in [3.8, 4) is 11.3 Å². The fraction of sp³-hybridized carbons (Fsp3) is 0.409. The number of halogens is 1. The van der Waals surface area contributed by atoms with E-state index in [2.05, 4.69) is 26.3 Å². The summed E-state index contributed by atoms with van der Waals surface area (Å²) in [5, 5.41) is 14.2. The number of aromatic amines is 1. The number of para-hydroxylation sites is 1. The Bertz CT molecular complexity index is 1090. The van der Waals surface area contributed by atoms with E-state index in [-0.39, 0.29) is 6.04 Å². The van der Waals surface area contributed by atoms with Crippen LogP contribution in [0.4, 0.5) is 10.7 Å². The summed E-state index contributed by atoms with van der Waals surface area (Å²) in [7, 11) is 0. The van der Waals surface area contributed by atoms with Crippen LogP contribution >= 0.6 is 11.6 Å². The van der Waals surface area contributed by atoms with Crippen LogP contribution in [0.1, 0.15) is 19.3 Å². The van der Waals surface area contributed by atoms with Crippen molar-refractivity contribution >= 4 is 34.5 Å². The number of H-pyrrole nitrogens is 1. The number of hydrogen-bond donors (Lipinski definition) is 3. The molecule has 2 aromatic heterocycles. The largest absolute Gasteiger partial charge is 0.465 e. The Kier molecular flexibility index (Phi) is 5.41. The number of likely N-dealkylation sites (tertiary alicyclic amines) is 2. The van der Waals surface area contributed by atoms with Gasteiger partial charge in [-0.05, 0) is 25.3 Å². The van der Waals surface area contributed by atoms with Crippen LogP contribution in [0, 0.1) is 0 Å². The minimum Gasteiger partial charge on any atom is -0.465 e. The third-order valence-corrected chi connectivity index (χ3v) is 6.67. The van der Waals surface area contributed by atoms with Gasteiger partial charge in [0.05, 0.1) is 16.9 Å². The quantitative estimate of drug-likeness (QED) is 0.569. The van der Waals surface area contributed by atoms with Gasteiger partial charge in [-0.1, -0.05) is 29.8 Å². The van der Waals surface area contributed by atoms with E-state index in [9.17, 15) is 4.79 Å². The van der Waals surface area contributed by atoms with Gasteiger partial charge in [0.1, 0.15) is 0 Å². The van der Waals surface area contributed by atoms with E-state index in [0.29, 0.717) is 35.8 Å². The Morgan fingerprint density at radius 1 is 1.19 bits per heavy atom. The van der Waals surface area contributed by atoms with Crippen LogP contribution in [0.15, 0.2) is 36.7 Å². The van der Waals surface area contributed by atoms with E-state index in [1.54, 1.807) is 6.20 Å². The molecule has 0 saturated carbocycles. The highest BCUT2D eigenvalue weighted by Crippen LogP contribution is 2.32. The number of piperidine rings is 1. The predicted molar refractivity (Wildman–Crippen MR) is 121 cm³/mol. The molecule has 162 valence electrons. The second-order valence-corrected chi connectivity index (χ2v) is 8.67. The Balaban J connectivity index is 1.26. The van der Waals surface area contributed by atoms with Crippen molar-refractivity contribution in [3.05, 3.63) is 41.7 Å². The van der Waals surface area contributed by atoms with Gasteiger partial charge in [0, 0.05) is 60.9 Å². The fourth-order valence-corrected chi connectivity index (χ4v) is 4.93. The van der Waals surface area contributed by atoms with Gasteiger partial charge in [0.25, 0.3) is 0 Å². The SMILES string of the molecule is O=C(O)N1CCC(N2CCC(Nc3ncc(Cl)c(-c4c[nH]c5ccccc45)n3)C2)CC1. The number of aromatic nitrogens is 3. The molecule has 5 rings (SSSR count). The summed E-state index contributed by atoms with van der Waals surface area (Å²) in [6.45, 7) is 3.14. The fourth-order valence-electron chi connectivity index (χ4n) is 4.73. The topological polar surface area (TPSA) is 97.4 Å². The smallest absolute Gasteiger partial charge is 0.407 e. The van der Waals surface area contributed by atoms with Gasteiger partial charge >= 0.3 is 6.09 Å². The molecule has 2 saturated heterocycles. The summed E-state index contributed by atoms with van der Waals surface area (Å²) in [6.07, 6.45) is 5.56. The molecule has 8 nitrogen and oxygen atoms in total. The first kappa shape index (κ1) is 20.1. The number of benzene rings is 1. The van der Waals surface area contributed by atoms with E-state index in [4.69, 9.17) is 21.7 Å². The van der Waals surface area contributed by atoms with Gasteiger partial charge in [0.2, 0.25) is 5.95 Å². The number of rotatable bonds is 4. The van der Waals surface area contributed by atoms with E-state index < -0.39 is 6.09 Å². The van der Waals surface area contributed by atoms with Crippen LogP contribution in [0.2, 0.25) is 5.02 Å². The standard InChI is InChI=1S/C22H25ClN6O2/c23-18-12-25-21(27-20(18)17-11-24-19-4-2-1-3-16(17)19)26-14-5-8-29(13-14)15-6-9-28(10-7-15)22(30)31/h1-4,11-12,14-15,24H,5-10,13H2,(H,30,31)(H,25,26,27). The summed E-state index contributed by atoms with van der Waals surface area (Å²) in [6, 6.07) is 8.78. The Hall–Kier alpha value is -2.84. The summed E-state index contributed by atoms with van der Waals surface area (Å²) >= 11 is 6.44. The van der Waals surface area contributed by atoms with Gasteiger partial charge in [-0.25, -0.2) is 14.8 Å². The zero-order chi connectivity index (χ0) is 21.4. The molecular weight excluding hydrogens is 416 g/mol. The summed E-state index contributed by atoms with van der Waals surface area (Å²) < 4.78 is 0. The van der Waals surface area contributed by atoms with Crippen molar-refractivity contribution in [1.82, 2.24) is 24.8 Å². The molecule has 2 fully saturated rings. The molecule has 1 unspecified atom stereocenters. The molecule has 9 heteroatoms. The molecule has 3 aromatic rings. The normalized spacial score (nSPS) is 20.4. The average molecular weight is 441 g/mol. The maximum Gasteiger partial charge on any atom is 0.407 e. The maximum absolute atomic E-state index is 11.1. The van der Waals surface area contributed by atoms with Gasteiger partial charge in [-0.3, -0.25) is 4.90 Å². The molecule has 1 atom stereocenters. The lowest BCUT2D eigenvalue weighted by molar-refractivity contribution is 0.105. The van der Waals surface area contributed by atoms with E-state index in [1.165, 1.54) is 4.90 Å². The van der Waals surface area contributed by atoms with Crippen LogP contribution in [-0.2, 0) is 0 Å². The summed E-state index contributed by atoms with van der Waals surface area (Å²) in [4.78, 5) is 27.5. The molecule has 0 aliphatic carbocycles. The number of amides is 1. The van der Waals surface area contributed by atoms with Crippen molar-refractivity contribution in [2.75, 3.05) is 31.5 Å². The minimum absolute atomic E-state index is 0.259. The van der Waals surface area contributed by atoms with Crippen molar-refractivity contribution in [2.45, 2.75) is 31.3 Å². The molecule has 1 aromatic carbocycles. The van der Waals surface area contributed by atoms with Crippen molar-refractivity contribution in [3.63, 3.8) is 0 Å². The van der Waals surface area contributed by atoms with Gasteiger partial charge in [-0.15, -0.1) is 0 Å². The van der Waals surface area contributed by atoms with Crippen LogP contribution in [-0.4, -0.2) is 74.2 Å². The number of carboxylic acid groups (broad SMARTS) is 1. The molecule has 31 heavy (non-hydrogen) atoms. The molecule has 2 aliphatic heterocycles. The molecule has 3 N–H and O–H groups in total. The van der Waals surface area contributed by atoms with Gasteiger partial charge < -0.3 is 20.3 Å². The average Bonchev–Trinajstić information content (AvgIpc) is 3.42. The van der Waals surface area contributed by atoms with Crippen LogP contribution in [0.3, 0.4) is 0 Å². The predicted octanol–water partition coefficient (Wildman–Crippen LogP) is 3.91. The Morgan fingerprint density at radius 2 is 2.00 bits per heavy atom. The molecule has 2 aliphatic rings. The highest BCUT2D eigenvalue weighted by Gasteiger charge is 2.32. The molecule has 4 heterocycles. The number of fused-ring (bicyclic) bond motifs is 1. The zero-order valence-electron chi connectivity index (χ0n) is 17.1. The monoisotopic (exact) mass is 440 g/mol. The highest BCUT2D eigenvalue weighted by atomic mass is 35.5. The number of nitrogens with zero attached hydrogens (tertiary/aromatic N) is 4. The van der Waals surface area contributed by atoms with E-state index >= 15 is 0 Å². The lowest BCUT2D eigenvalue weighted by Crippen LogP contribution is -2.46. The molecule has 0 bridgehead atoms. The number of nitrogens with one attached hydrogen (secondary N) is 2. The first-order valence-electron chi connectivity index (χ1n) is 10.7. The van der Waals surface area contributed by atoms with Crippen LogP contribution in [0.25, 0.3) is 22.2 Å². The van der Waals surface area contributed by atoms with Crippen molar-refractivity contribution < 1.29 is 9.90 Å². The highest BCUT2D eigenvalue weighted by molar-refractivity contribution is 6.33. The van der Waals surface area contributed by atoms with Crippen molar-refractivity contribution in [2.24, 2.45) is 0 Å². The third-order valence-electron chi connectivity index (χ3n) is 6.39. The first-order chi connectivity index (χ1) is 15.1. The minimum atomic E-state index is -0.815. The summed E-state index contributed by atoms with van der Waals surface area (Å²) in [5.41, 5.74) is 2.72. The lowest BCUT2D eigenvalue weighted by Gasteiger charge is -2.35. The van der Waals surface area contributed by atoms with Crippen molar-refractivity contribution in [1.29, 1.82) is 0 Å². The van der Waals surface area contributed by atoms with E-state index in [0.717, 1.165) is 48.8 Å². The van der Waals surface area contributed by atoms with Gasteiger partial charge in [0.15, 0.2) is 0 Å². The lowest BCUT2D eigenvalue weighted by atomic mass is 10.0. The zero-order valence-corrected chi connectivity index (χ0v) is 17.8. The van der Waals surface area contributed by atoms with E-state index in [1.807, 2.05) is 24.4 Å². The first-order valence-corrected chi connectivity index (χ1v) is 11.0. The third kappa shape index (κ3) is 4.05. The Morgan fingerprint density at radius 3 is 2.81 bits per heavy atom. The number of anilines is 1. The number of carbonyl (C=O) groups is 1. The van der Waals surface area contributed by atoms with Gasteiger partial charge in [-0.2, -0.15) is 0 Å². The second-order valence-electron chi connectivity index (χ2n) is 8.26. The maximum atomic E-state index is 11.1. The van der Waals surface area contributed by atoms with Crippen LogP contribution in [0.5, 0.6) is 0 Å². The molecule has 0 spiro atoms. The second kappa shape index (κ2) is 8.36. The molecule has 1 amide bonds. The Labute approximate surface area is 185 Å². The van der Waals surface area contributed by atoms with Crippen LogP contribution < -0.4 is 5.32 Å².